The summed E-state index contributed by atoms with van der Waals surface area (Å²) in [6.07, 6.45) is 1.31. The molecule has 0 bridgehead atoms. The Morgan fingerprint density at radius 1 is 1.20 bits per heavy atom. The molecular weight excluding hydrogens is 336 g/mol. The Morgan fingerprint density at radius 3 is 2.64 bits per heavy atom. The van der Waals surface area contributed by atoms with Gasteiger partial charge in [-0.3, -0.25) is 9.36 Å². The van der Waals surface area contributed by atoms with Gasteiger partial charge in [-0.05, 0) is 18.2 Å². The minimum absolute atomic E-state index is 0.173. The summed E-state index contributed by atoms with van der Waals surface area (Å²) in [5.41, 5.74) is -0.446. The van der Waals surface area contributed by atoms with Crippen LogP contribution in [0.2, 0.25) is 0 Å². The van der Waals surface area contributed by atoms with Gasteiger partial charge >= 0.3 is 5.97 Å². The van der Waals surface area contributed by atoms with Gasteiger partial charge in [-0.1, -0.05) is 0 Å². The van der Waals surface area contributed by atoms with Gasteiger partial charge in [-0.2, -0.15) is 0 Å². The number of nitrogens with zero attached hydrogens (tertiary/aromatic N) is 3. The maximum Gasteiger partial charge on any atom is 0.376 e. The number of hydrogen-bond donors (Lipinski definition) is 0. The van der Waals surface area contributed by atoms with Crippen LogP contribution in [0.15, 0.2) is 35.3 Å². The van der Waals surface area contributed by atoms with Crippen molar-refractivity contribution in [3.05, 3.63) is 58.3 Å². The molecule has 0 aliphatic rings. The second kappa shape index (κ2) is 6.27. The third kappa shape index (κ3) is 3.03. The number of fused-ring (bicyclic) bond motifs is 1. The number of carbonyl (C=O) groups is 1. The van der Waals surface area contributed by atoms with E-state index in [4.69, 9.17) is 4.74 Å². The van der Waals surface area contributed by atoms with E-state index in [1.807, 2.05) is 0 Å². The second-order valence-electron chi connectivity index (χ2n) is 5.01. The molecule has 0 spiro atoms. The highest BCUT2D eigenvalue weighted by atomic mass is 19.1. The number of ether oxygens (including phenoxy) is 2. The Balaban J connectivity index is 2.10. The van der Waals surface area contributed by atoms with E-state index in [0.717, 1.165) is 16.7 Å². The normalized spacial score (nSPS) is 10.7. The van der Waals surface area contributed by atoms with Crippen LogP contribution in [0.25, 0.3) is 11.0 Å². The van der Waals surface area contributed by atoms with Crippen LogP contribution in [0.1, 0.15) is 10.6 Å². The molecule has 0 N–H and O–H groups in total. The van der Waals surface area contributed by atoms with E-state index in [1.165, 1.54) is 26.4 Å². The van der Waals surface area contributed by atoms with Gasteiger partial charge in [0, 0.05) is 24.7 Å². The lowest BCUT2D eigenvalue weighted by atomic mass is 10.3. The Kier molecular flexibility index (Phi) is 4.14. The number of rotatable bonds is 3. The standard InChI is InChI=1S/C16H11F2N3O4/c1-21-14-8(7-19-13(20-14)16(23)24-2)5-12(15(21)22)25-11-4-3-9(17)6-10(11)18/h3-7H,1-2H3. The number of pyridine rings is 1. The molecule has 0 atom stereocenters. The summed E-state index contributed by atoms with van der Waals surface area (Å²) in [6, 6.07) is 4.04. The fourth-order valence-electron chi connectivity index (χ4n) is 2.16. The molecule has 2 heterocycles. The Bertz CT molecular complexity index is 1050. The van der Waals surface area contributed by atoms with Crippen molar-refractivity contribution in [1.29, 1.82) is 0 Å². The lowest BCUT2D eigenvalue weighted by Crippen LogP contribution is -2.20. The van der Waals surface area contributed by atoms with E-state index in [9.17, 15) is 18.4 Å². The average Bonchev–Trinajstić information content (AvgIpc) is 2.60. The van der Waals surface area contributed by atoms with E-state index >= 15 is 0 Å². The lowest BCUT2D eigenvalue weighted by molar-refractivity contribution is 0.0587. The van der Waals surface area contributed by atoms with Crippen LogP contribution in [0.5, 0.6) is 11.5 Å². The van der Waals surface area contributed by atoms with Gasteiger partial charge in [-0.15, -0.1) is 0 Å². The van der Waals surface area contributed by atoms with Crippen LogP contribution in [-0.2, 0) is 11.8 Å². The number of carbonyl (C=O) groups excluding carboxylic acids is 1. The zero-order chi connectivity index (χ0) is 18.1. The van der Waals surface area contributed by atoms with E-state index in [1.54, 1.807) is 0 Å². The lowest BCUT2D eigenvalue weighted by Gasteiger charge is -2.10. The molecule has 0 amide bonds. The molecule has 0 saturated heterocycles. The molecule has 0 unspecified atom stereocenters. The Labute approximate surface area is 139 Å². The van der Waals surface area contributed by atoms with E-state index in [2.05, 4.69) is 14.7 Å². The predicted octanol–water partition coefficient (Wildman–Crippen LogP) is 2.19. The van der Waals surface area contributed by atoms with Crippen LogP contribution in [0.4, 0.5) is 8.78 Å². The first-order chi connectivity index (χ1) is 11.9. The molecule has 9 heteroatoms. The van der Waals surface area contributed by atoms with Gasteiger partial charge < -0.3 is 9.47 Å². The largest absolute Gasteiger partial charge is 0.463 e. The summed E-state index contributed by atoms with van der Waals surface area (Å²) in [5, 5.41) is 0.382. The molecule has 0 aliphatic carbocycles. The van der Waals surface area contributed by atoms with Gasteiger partial charge in [0.05, 0.1) is 7.11 Å². The molecule has 25 heavy (non-hydrogen) atoms. The molecule has 0 aliphatic heterocycles. The first-order valence-corrected chi connectivity index (χ1v) is 6.98. The summed E-state index contributed by atoms with van der Waals surface area (Å²) < 4.78 is 37.6. The second-order valence-corrected chi connectivity index (χ2v) is 5.01. The van der Waals surface area contributed by atoms with Crippen LogP contribution in [0, 0.1) is 11.6 Å². The average molecular weight is 347 g/mol. The first-order valence-electron chi connectivity index (χ1n) is 6.98. The third-order valence-electron chi connectivity index (χ3n) is 3.40. The number of methoxy groups -OCH3 is 1. The SMILES string of the molecule is COC(=O)c1ncc2cc(Oc3ccc(F)cc3F)c(=O)n(C)c2n1. The van der Waals surface area contributed by atoms with E-state index in [-0.39, 0.29) is 23.0 Å². The minimum atomic E-state index is -0.945. The fourth-order valence-corrected chi connectivity index (χ4v) is 2.16. The van der Waals surface area contributed by atoms with Crippen molar-refractivity contribution >= 4 is 17.0 Å². The quantitative estimate of drug-likeness (QED) is 0.676. The zero-order valence-corrected chi connectivity index (χ0v) is 13.1. The number of halogens is 2. The van der Waals surface area contributed by atoms with Crippen molar-refractivity contribution in [3.8, 4) is 11.5 Å². The summed E-state index contributed by atoms with van der Waals surface area (Å²) in [5.74, 6) is -3.16. The fraction of sp³-hybridized carbons (Fsp3) is 0.125. The van der Waals surface area contributed by atoms with Crippen molar-refractivity contribution < 1.29 is 23.0 Å². The number of benzene rings is 1. The molecule has 0 fully saturated rings. The monoisotopic (exact) mass is 347 g/mol. The van der Waals surface area contributed by atoms with Crippen molar-refractivity contribution in [2.24, 2.45) is 7.05 Å². The minimum Gasteiger partial charge on any atom is -0.463 e. The van der Waals surface area contributed by atoms with E-state index in [0.29, 0.717) is 11.5 Å². The van der Waals surface area contributed by atoms with Crippen molar-refractivity contribution in [1.82, 2.24) is 14.5 Å². The maximum atomic E-state index is 13.7. The first kappa shape index (κ1) is 16.5. The number of aryl methyl sites for hydroxylation is 1. The van der Waals surface area contributed by atoms with Gasteiger partial charge in [0.25, 0.3) is 5.56 Å². The third-order valence-corrected chi connectivity index (χ3v) is 3.40. The molecule has 0 saturated carbocycles. The molecule has 1 aromatic carbocycles. The highest BCUT2D eigenvalue weighted by Crippen LogP contribution is 2.24. The zero-order valence-electron chi connectivity index (χ0n) is 13.1. The number of esters is 1. The molecule has 0 radical (unpaired) electrons. The topological polar surface area (TPSA) is 83.3 Å². The molecular formula is C16H11F2N3O4. The van der Waals surface area contributed by atoms with Crippen molar-refractivity contribution in [3.63, 3.8) is 0 Å². The smallest absolute Gasteiger partial charge is 0.376 e. The molecule has 128 valence electrons. The van der Waals surface area contributed by atoms with Gasteiger partial charge in [0.2, 0.25) is 5.82 Å². The van der Waals surface area contributed by atoms with Crippen LogP contribution < -0.4 is 10.3 Å². The highest BCUT2D eigenvalue weighted by Gasteiger charge is 2.16. The van der Waals surface area contributed by atoms with Crippen LogP contribution in [0.3, 0.4) is 0 Å². The molecule has 3 aromatic rings. The van der Waals surface area contributed by atoms with Crippen LogP contribution in [-0.4, -0.2) is 27.6 Å². The molecule has 7 nitrogen and oxygen atoms in total. The predicted molar refractivity (Wildman–Crippen MR) is 82.6 cm³/mol. The van der Waals surface area contributed by atoms with Gasteiger partial charge in [-0.25, -0.2) is 23.5 Å². The Morgan fingerprint density at radius 2 is 1.96 bits per heavy atom. The van der Waals surface area contributed by atoms with E-state index < -0.39 is 23.2 Å². The highest BCUT2D eigenvalue weighted by molar-refractivity contribution is 5.87. The Hall–Kier alpha value is -3.36. The molecule has 2 aromatic heterocycles. The van der Waals surface area contributed by atoms with Crippen molar-refractivity contribution in [2.45, 2.75) is 0 Å². The summed E-state index contributed by atoms with van der Waals surface area (Å²) in [4.78, 5) is 31.7. The van der Waals surface area contributed by atoms with Gasteiger partial charge in [0.1, 0.15) is 11.5 Å². The summed E-state index contributed by atoms with van der Waals surface area (Å²) >= 11 is 0. The van der Waals surface area contributed by atoms with Crippen LogP contribution >= 0.6 is 0 Å². The maximum absolute atomic E-state index is 13.7. The number of aromatic nitrogens is 3. The molecule has 3 rings (SSSR count). The van der Waals surface area contributed by atoms with Crippen molar-refractivity contribution in [2.75, 3.05) is 7.11 Å². The number of hydrogen-bond acceptors (Lipinski definition) is 6. The van der Waals surface area contributed by atoms with Gasteiger partial charge in [0.15, 0.2) is 17.3 Å². The summed E-state index contributed by atoms with van der Waals surface area (Å²) in [6.45, 7) is 0. The summed E-state index contributed by atoms with van der Waals surface area (Å²) in [7, 11) is 2.59.